The van der Waals surface area contributed by atoms with Crippen LogP contribution in [-0.2, 0) is 11.8 Å². The molecule has 2 aliphatic rings. The smallest absolute Gasteiger partial charge is 0.278 e. The zero-order valence-electron chi connectivity index (χ0n) is 18.2. The van der Waals surface area contributed by atoms with Crippen LogP contribution in [0.1, 0.15) is 58.3 Å². The predicted octanol–water partition coefficient (Wildman–Crippen LogP) is 2.48. The van der Waals surface area contributed by atoms with Gasteiger partial charge in [-0.2, -0.15) is 5.10 Å². The normalized spacial score (nSPS) is 17.7. The first-order chi connectivity index (χ1) is 16.1. The summed E-state index contributed by atoms with van der Waals surface area (Å²) in [4.78, 5) is 43.2. The molecule has 1 aliphatic heterocycles. The van der Waals surface area contributed by atoms with E-state index in [1.54, 1.807) is 25.6 Å². The molecule has 0 aromatic carbocycles. The van der Waals surface area contributed by atoms with Gasteiger partial charge in [0.1, 0.15) is 12.0 Å². The molecule has 5 rings (SSSR count). The minimum Gasteiger partial charge on any atom is -0.381 e. The molecule has 1 aliphatic carbocycles. The van der Waals surface area contributed by atoms with Gasteiger partial charge in [0.05, 0.1) is 41.9 Å². The van der Waals surface area contributed by atoms with Crippen LogP contribution in [0.4, 0.5) is 17.2 Å². The van der Waals surface area contributed by atoms with Crippen LogP contribution < -0.4 is 10.6 Å². The summed E-state index contributed by atoms with van der Waals surface area (Å²) in [5, 5.41) is 10.1. The minimum absolute atomic E-state index is 0.0848. The third-order valence-electron chi connectivity index (χ3n) is 5.77. The van der Waals surface area contributed by atoms with Gasteiger partial charge < -0.3 is 15.4 Å². The molecule has 2 N–H and O–H groups in total. The number of amides is 1. The fourth-order valence-corrected chi connectivity index (χ4v) is 3.87. The van der Waals surface area contributed by atoms with Gasteiger partial charge in [-0.3, -0.25) is 14.3 Å². The Labute approximate surface area is 190 Å². The van der Waals surface area contributed by atoms with Crippen LogP contribution in [0.2, 0.25) is 0 Å². The van der Waals surface area contributed by atoms with Gasteiger partial charge in [-0.05, 0) is 25.2 Å². The van der Waals surface area contributed by atoms with Gasteiger partial charge in [0.15, 0.2) is 17.3 Å². The van der Waals surface area contributed by atoms with Crippen molar-refractivity contribution in [3.8, 4) is 0 Å². The third kappa shape index (κ3) is 4.72. The van der Waals surface area contributed by atoms with E-state index in [4.69, 9.17) is 4.74 Å². The van der Waals surface area contributed by atoms with Crippen LogP contribution in [0, 0.1) is 5.92 Å². The van der Waals surface area contributed by atoms with Gasteiger partial charge in [-0.25, -0.2) is 19.9 Å². The summed E-state index contributed by atoms with van der Waals surface area (Å²) in [7, 11) is 1.68. The van der Waals surface area contributed by atoms with Gasteiger partial charge in [-0.1, -0.05) is 0 Å². The highest BCUT2D eigenvalue weighted by Crippen LogP contribution is 2.39. The van der Waals surface area contributed by atoms with Crippen molar-refractivity contribution >= 4 is 28.9 Å². The number of anilines is 3. The first-order valence-corrected chi connectivity index (χ1v) is 10.9. The van der Waals surface area contributed by atoms with E-state index in [1.807, 2.05) is 0 Å². The lowest BCUT2D eigenvalue weighted by Gasteiger charge is -2.12. The highest BCUT2D eigenvalue weighted by Gasteiger charge is 2.29. The lowest BCUT2D eigenvalue weighted by atomic mass is 10.00. The second-order valence-corrected chi connectivity index (χ2v) is 8.36. The Hall–Kier alpha value is -3.73. The molecule has 0 unspecified atom stereocenters. The number of ketones is 1. The molecule has 33 heavy (non-hydrogen) atoms. The summed E-state index contributed by atoms with van der Waals surface area (Å²) in [6.07, 6.45) is 11.0. The standard InChI is InChI=1S/C22H24N8O3/c1-30-20(18(31)6-13-4-5-33-11-13)17(10-26-30)29-22(32)19-21(27-15-7-23-12-24-8-15)25-9-16(28-19)14-2-3-14/h7-10,12-14H,2-6,11H2,1H3,(H,25,27)(H,29,32)/t13-/m0/s1. The Kier molecular flexibility index (Phi) is 5.78. The van der Waals surface area contributed by atoms with Crippen molar-refractivity contribution in [1.82, 2.24) is 29.7 Å². The van der Waals surface area contributed by atoms with Gasteiger partial charge in [0.25, 0.3) is 5.91 Å². The second-order valence-electron chi connectivity index (χ2n) is 8.36. The van der Waals surface area contributed by atoms with Crippen LogP contribution in [-0.4, -0.2) is 54.6 Å². The van der Waals surface area contributed by atoms with E-state index in [0.717, 1.165) is 25.0 Å². The molecular weight excluding hydrogens is 424 g/mol. The first-order valence-electron chi connectivity index (χ1n) is 10.9. The van der Waals surface area contributed by atoms with E-state index in [1.165, 1.54) is 17.2 Å². The van der Waals surface area contributed by atoms with Crippen LogP contribution in [0.5, 0.6) is 0 Å². The molecule has 0 bridgehead atoms. The SMILES string of the molecule is Cn1ncc(NC(=O)c2nc(C3CC3)cnc2Nc2cncnc2)c1C(=O)C[C@@H]1CCOC1. The van der Waals surface area contributed by atoms with Crippen molar-refractivity contribution in [2.45, 2.75) is 31.6 Å². The molecule has 11 nitrogen and oxygen atoms in total. The summed E-state index contributed by atoms with van der Waals surface area (Å²) in [6.45, 7) is 1.25. The Bertz CT molecular complexity index is 1170. The van der Waals surface area contributed by atoms with Crippen molar-refractivity contribution in [1.29, 1.82) is 0 Å². The number of Topliss-reactive ketones (excluding diaryl/α,β-unsaturated/α-hetero) is 1. The van der Waals surface area contributed by atoms with Crippen LogP contribution in [0.3, 0.4) is 0 Å². The number of aromatic nitrogens is 6. The van der Waals surface area contributed by atoms with Crippen molar-refractivity contribution in [3.63, 3.8) is 0 Å². The van der Waals surface area contributed by atoms with Crippen molar-refractivity contribution in [2.24, 2.45) is 13.0 Å². The van der Waals surface area contributed by atoms with Crippen molar-refractivity contribution in [3.05, 3.63) is 48.2 Å². The largest absolute Gasteiger partial charge is 0.381 e. The van der Waals surface area contributed by atoms with Gasteiger partial charge in [-0.15, -0.1) is 0 Å². The van der Waals surface area contributed by atoms with E-state index in [-0.39, 0.29) is 23.2 Å². The van der Waals surface area contributed by atoms with E-state index < -0.39 is 5.91 Å². The molecule has 1 saturated heterocycles. The minimum atomic E-state index is -0.476. The van der Waals surface area contributed by atoms with Gasteiger partial charge >= 0.3 is 0 Å². The lowest BCUT2D eigenvalue weighted by molar-refractivity contribution is 0.0944. The number of hydrogen-bond acceptors (Lipinski definition) is 9. The highest BCUT2D eigenvalue weighted by atomic mass is 16.5. The number of rotatable bonds is 8. The lowest BCUT2D eigenvalue weighted by Crippen LogP contribution is -2.20. The molecule has 2 fully saturated rings. The number of aryl methyl sites for hydroxylation is 1. The van der Waals surface area contributed by atoms with Gasteiger partial charge in [0.2, 0.25) is 0 Å². The average molecular weight is 448 g/mol. The molecule has 1 atom stereocenters. The van der Waals surface area contributed by atoms with Crippen LogP contribution in [0.25, 0.3) is 0 Å². The predicted molar refractivity (Wildman–Crippen MR) is 118 cm³/mol. The quantitative estimate of drug-likeness (QED) is 0.498. The monoisotopic (exact) mass is 448 g/mol. The third-order valence-corrected chi connectivity index (χ3v) is 5.77. The number of nitrogens with one attached hydrogen (secondary N) is 2. The molecule has 1 saturated carbocycles. The van der Waals surface area contributed by atoms with Crippen molar-refractivity contribution in [2.75, 3.05) is 23.8 Å². The van der Waals surface area contributed by atoms with Crippen molar-refractivity contribution < 1.29 is 14.3 Å². The summed E-state index contributed by atoms with van der Waals surface area (Å²) < 4.78 is 6.87. The summed E-state index contributed by atoms with van der Waals surface area (Å²) in [6, 6.07) is 0. The molecule has 3 aromatic rings. The topological polar surface area (TPSA) is 137 Å². The van der Waals surface area contributed by atoms with E-state index in [0.29, 0.717) is 42.6 Å². The Morgan fingerprint density at radius 2 is 1.97 bits per heavy atom. The number of nitrogens with zero attached hydrogens (tertiary/aromatic N) is 6. The molecule has 1 amide bonds. The first kappa shape index (κ1) is 21.1. The highest BCUT2D eigenvalue weighted by molar-refractivity contribution is 6.10. The average Bonchev–Trinajstić information content (AvgIpc) is 3.43. The molecule has 170 valence electrons. The fraction of sp³-hybridized carbons (Fsp3) is 0.409. The maximum atomic E-state index is 13.3. The van der Waals surface area contributed by atoms with Crippen LogP contribution in [0.15, 0.2) is 31.1 Å². The molecule has 4 heterocycles. The Morgan fingerprint density at radius 1 is 1.15 bits per heavy atom. The maximum absolute atomic E-state index is 13.3. The Morgan fingerprint density at radius 3 is 2.70 bits per heavy atom. The summed E-state index contributed by atoms with van der Waals surface area (Å²) in [5.74, 6) is 0.226. The molecule has 11 heteroatoms. The van der Waals surface area contributed by atoms with Crippen LogP contribution >= 0.6 is 0 Å². The Balaban J connectivity index is 1.40. The number of carbonyl (C=O) groups is 2. The number of carbonyl (C=O) groups excluding carboxylic acids is 2. The van der Waals surface area contributed by atoms with Gasteiger partial charge in [0, 0.05) is 32.6 Å². The fourth-order valence-electron chi connectivity index (χ4n) is 3.87. The zero-order valence-corrected chi connectivity index (χ0v) is 18.2. The van der Waals surface area contributed by atoms with E-state index in [2.05, 4.69) is 35.7 Å². The van der Waals surface area contributed by atoms with E-state index in [9.17, 15) is 9.59 Å². The summed E-state index contributed by atoms with van der Waals surface area (Å²) >= 11 is 0. The second kappa shape index (κ2) is 9.02. The molecule has 0 spiro atoms. The summed E-state index contributed by atoms with van der Waals surface area (Å²) in [5.41, 5.74) is 2.19. The number of hydrogen-bond donors (Lipinski definition) is 2. The zero-order chi connectivity index (χ0) is 22.8. The maximum Gasteiger partial charge on any atom is 0.278 e. The molecular formula is C22H24N8O3. The molecule has 0 radical (unpaired) electrons. The number of ether oxygens (including phenoxy) is 1. The molecule has 3 aromatic heterocycles. The van der Waals surface area contributed by atoms with E-state index >= 15 is 0 Å².